The van der Waals surface area contributed by atoms with E-state index >= 15 is 0 Å². The lowest BCUT2D eigenvalue weighted by atomic mass is 10.2. The highest BCUT2D eigenvalue weighted by Gasteiger charge is 2.26. The van der Waals surface area contributed by atoms with Crippen LogP contribution in [0.2, 0.25) is 0 Å². The molecule has 0 aromatic heterocycles. The normalized spacial score (nSPS) is 36.7. The molecule has 2 heterocycles. The maximum atomic E-state index is 4.52. The number of nitrogens with zero attached hydrogens (tertiary/aromatic N) is 2. The molecule has 0 N–H and O–H groups in total. The van der Waals surface area contributed by atoms with Crippen molar-refractivity contribution in [2.45, 2.75) is 25.4 Å². The maximum absolute atomic E-state index is 4.52. The van der Waals surface area contributed by atoms with Crippen LogP contribution < -0.4 is 5.32 Å². The minimum atomic E-state index is 0.624. The summed E-state index contributed by atoms with van der Waals surface area (Å²) in [5, 5.41) is 4.52. The van der Waals surface area contributed by atoms with Crippen LogP contribution in [0.1, 0.15) is 19.3 Å². The van der Waals surface area contributed by atoms with Crippen LogP contribution in [0.5, 0.6) is 0 Å². The first-order valence-corrected chi connectivity index (χ1v) is 3.87. The summed E-state index contributed by atoms with van der Waals surface area (Å²) < 4.78 is 0. The molecule has 0 amide bonds. The van der Waals surface area contributed by atoms with Gasteiger partial charge in [-0.3, -0.25) is 4.90 Å². The van der Waals surface area contributed by atoms with Crippen molar-refractivity contribution in [3.8, 4) is 0 Å². The van der Waals surface area contributed by atoms with E-state index in [9.17, 15) is 0 Å². The zero-order valence-electron chi connectivity index (χ0n) is 5.71. The number of rotatable bonds is 0. The average molecular weight is 125 g/mol. The van der Waals surface area contributed by atoms with Crippen molar-refractivity contribution in [2.75, 3.05) is 19.6 Å². The molecular formula is C7H13N2. The Hall–Kier alpha value is -0.0800. The second-order valence-corrected chi connectivity index (χ2v) is 2.92. The topological polar surface area (TPSA) is 17.3 Å². The molecule has 0 aliphatic carbocycles. The van der Waals surface area contributed by atoms with Crippen molar-refractivity contribution in [2.24, 2.45) is 0 Å². The van der Waals surface area contributed by atoms with Crippen LogP contribution in [0.25, 0.3) is 0 Å². The van der Waals surface area contributed by atoms with Gasteiger partial charge in [-0.05, 0) is 25.8 Å². The summed E-state index contributed by atoms with van der Waals surface area (Å²) in [5.74, 6) is 0. The van der Waals surface area contributed by atoms with Gasteiger partial charge in [-0.25, -0.2) is 5.32 Å². The standard InChI is InChI=1S/C7H13N2/c1-3-7-8-4-2-6-9(7)5-1/h7H,1-6H2. The fourth-order valence-electron chi connectivity index (χ4n) is 1.79. The number of hydrogen-bond acceptors (Lipinski definition) is 1. The van der Waals surface area contributed by atoms with Crippen molar-refractivity contribution >= 4 is 0 Å². The molecule has 0 aromatic carbocycles. The Morgan fingerprint density at radius 2 is 2.11 bits per heavy atom. The molecule has 1 atom stereocenters. The SMILES string of the molecule is C1C[N]C2CCCN2C1. The summed E-state index contributed by atoms with van der Waals surface area (Å²) in [5.41, 5.74) is 0. The first-order valence-electron chi connectivity index (χ1n) is 3.87. The van der Waals surface area contributed by atoms with Crippen molar-refractivity contribution in [3.05, 3.63) is 0 Å². The predicted octanol–water partition coefficient (Wildman–Crippen LogP) is 0.416. The molecule has 1 radical (unpaired) electrons. The van der Waals surface area contributed by atoms with Gasteiger partial charge < -0.3 is 0 Å². The van der Waals surface area contributed by atoms with Crippen LogP contribution in [0.3, 0.4) is 0 Å². The smallest absolute Gasteiger partial charge is 0.0761 e. The molecular weight excluding hydrogens is 112 g/mol. The molecule has 0 aromatic rings. The molecule has 2 rings (SSSR count). The summed E-state index contributed by atoms with van der Waals surface area (Å²) in [6, 6.07) is 0. The second-order valence-electron chi connectivity index (χ2n) is 2.92. The Labute approximate surface area is 56.2 Å². The molecule has 2 heteroatoms. The highest BCUT2D eigenvalue weighted by Crippen LogP contribution is 2.18. The molecule has 2 aliphatic rings. The predicted molar refractivity (Wildman–Crippen MR) is 36.2 cm³/mol. The monoisotopic (exact) mass is 125 g/mol. The largest absolute Gasteiger partial charge is 0.287 e. The molecule has 2 aliphatic heterocycles. The molecule has 2 fully saturated rings. The minimum absolute atomic E-state index is 0.624. The van der Waals surface area contributed by atoms with Crippen LogP contribution in [0, 0.1) is 0 Å². The van der Waals surface area contributed by atoms with E-state index < -0.39 is 0 Å². The third-order valence-electron chi connectivity index (χ3n) is 2.27. The zero-order chi connectivity index (χ0) is 6.10. The summed E-state index contributed by atoms with van der Waals surface area (Å²) >= 11 is 0. The Balaban J connectivity index is 1.97. The van der Waals surface area contributed by atoms with Crippen molar-refractivity contribution in [1.82, 2.24) is 10.2 Å². The molecule has 2 nitrogen and oxygen atoms in total. The first kappa shape index (κ1) is 5.69. The maximum Gasteiger partial charge on any atom is 0.0761 e. The zero-order valence-corrected chi connectivity index (χ0v) is 5.71. The summed E-state index contributed by atoms with van der Waals surface area (Å²) in [7, 11) is 0. The minimum Gasteiger partial charge on any atom is -0.287 e. The van der Waals surface area contributed by atoms with E-state index in [4.69, 9.17) is 0 Å². The van der Waals surface area contributed by atoms with E-state index in [-0.39, 0.29) is 0 Å². The van der Waals surface area contributed by atoms with Crippen molar-refractivity contribution in [3.63, 3.8) is 0 Å². The fourth-order valence-corrected chi connectivity index (χ4v) is 1.79. The van der Waals surface area contributed by atoms with Gasteiger partial charge in [0.25, 0.3) is 0 Å². The van der Waals surface area contributed by atoms with E-state index in [1.165, 1.54) is 32.4 Å². The molecule has 2 saturated heterocycles. The van der Waals surface area contributed by atoms with Gasteiger partial charge in [0, 0.05) is 13.1 Å². The summed E-state index contributed by atoms with van der Waals surface area (Å²) in [6.07, 6.45) is 4.60. The van der Waals surface area contributed by atoms with E-state index in [1.54, 1.807) is 0 Å². The third kappa shape index (κ3) is 0.970. The van der Waals surface area contributed by atoms with Crippen LogP contribution >= 0.6 is 0 Å². The van der Waals surface area contributed by atoms with Gasteiger partial charge in [-0.2, -0.15) is 0 Å². The average Bonchev–Trinajstić information content (AvgIpc) is 2.33. The lowest BCUT2D eigenvalue weighted by Gasteiger charge is -2.28. The van der Waals surface area contributed by atoms with Crippen molar-refractivity contribution in [1.29, 1.82) is 0 Å². The second kappa shape index (κ2) is 2.27. The van der Waals surface area contributed by atoms with Gasteiger partial charge in [-0.1, -0.05) is 0 Å². The highest BCUT2D eigenvalue weighted by molar-refractivity contribution is 4.80. The van der Waals surface area contributed by atoms with Crippen LogP contribution in [0.4, 0.5) is 0 Å². The Morgan fingerprint density at radius 3 is 3.00 bits per heavy atom. The van der Waals surface area contributed by atoms with Crippen LogP contribution in [-0.2, 0) is 0 Å². The molecule has 9 heavy (non-hydrogen) atoms. The van der Waals surface area contributed by atoms with Crippen LogP contribution in [-0.4, -0.2) is 30.7 Å². The highest BCUT2D eigenvalue weighted by atomic mass is 15.3. The third-order valence-corrected chi connectivity index (χ3v) is 2.27. The summed E-state index contributed by atoms with van der Waals surface area (Å²) in [6.45, 7) is 3.71. The Kier molecular flexibility index (Phi) is 1.44. The van der Waals surface area contributed by atoms with E-state index in [1.807, 2.05) is 0 Å². The number of hydrogen-bond donors (Lipinski definition) is 0. The van der Waals surface area contributed by atoms with Gasteiger partial charge in [0.1, 0.15) is 0 Å². The molecule has 0 spiro atoms. The Bertz CT molecular complexity index is 91.1. The van der Waals surface area contributed by atoms with Gasteiger partial charge in [0.05, 0.1) is 6.17 Å². The van der Waals surface area contributed by atoms with E-state index in [0.717, 1.165) is 6.54 Å². The molecule has 51 valence electrons. The molecule has 0 bridgehead atoms. The lowest BCUT2D eigenvalue weighted by Crippen LogP contribution is -2.42. The fraction of sp³-hybridized carbons (Fsp3) is 1.00. The van der Waals surface area contributed by atoms with Gasteiger partial charge in [0.15, 0.2) is 0 Å². The van der Waals surface area contributed by atoms with Crippen molar-refractivity contribution < 1.29 is 0 Å². The van der Waals surface area contributed by atoms with Gasteiger partial charge in [-0.15, -0.1) is 0 Å². The summed E-state index contributed by atoms with van der Waals surface area (Å²) in [4.78, 5) is 2.50. The Morgan fingerprint density at radius 1 is 1.22 bits per heavy atom. The molecule has 0 saturated carbocycles. The first-order chi connectivity index (χ1) is 4.47. The lowest BCUT2D eigenvalue weighted by molar-refractivity contribution is 0.175. The van der Waals surface area contributed by atoms with E-state index in [0.29, 0.717) is 6.17 Å². The van der Waals surface area contributed by atoms with Gasteiger partial charge in [0.2, 0.25) is 0 Å². The van der Waals surface area contributed by atoms with E-state index in [2.05, 4.69) is 10.2 Å². The van der Waals surface area contributed by atoms with Gasteiger partial charge >= 0.3 is 0 Å². The number of fused-ring (bicyclic) bond motifs is 1. The molecule has 1 unspecified atom stereocenters. The van der Waals surface area contributed by atoms with Crippen LogP contribution in [0.15, 0.2) is 0 Å². The quantitative estimate of drug-likeness (QED) is 0.458.